The van der Waals surface area contributed by atoms with Gasteiger partial charge >= 0.3 is 0 Å². The molecule has 1 aliphatic rings. The van der Waals surface area contributed by atoms with Gasteiger partial charge in [0, 0.05) is 10.9 Å². The number of aryl methyl sites for hydroxylation is 2. The Morgan fingerprint density at radius 1 is 1.27 bits per heavy atom. The van der Waals surface area contributed by atoms with Crippen molar-refractivity contribution in [3.8, 4) is 0 Å². The van der Waals surface area contributed by atoms with Gasteiger partial charge in [0.05, 0.1) is 26.3 Å². The number of nitrogens with one attached hydrogen (secondary N) is 3. The molecule has 118 valence electrons. The fourth-order valence-corrected chi connectivity index (χ4v) is 3.08. The number of benzene rings is 1. The van der Waals surface area contributed by atoms with Crippen LogP contribution in [0.4, 0.5) is 0 Å². The third-order valence-electron chi connectivity index (χ3n) is 4.30. The maximum atomic E-state index is 12.3. The SMILES string of the molecule is Cc1cc(C)c2cc(C(=O)NCC[NH+]3CCOCC3)[nH]c2c1. The van der Waals surface area contributed by atoms with Gasteiger partial charge in [-0.1, -0.05) is 6.07 Å². The van der Waals surface area contributed by atoms with Gasteiger partial charge in [0.1, 0.15) is 18.8 Å². The quantitative estimate of drug-likeness (QED) is 0.767. The molecule has 3 N–H and O–H groups in total. The number of quaternary nitrogens is 1. The Balaban J connectivity index is 1.61. The maximum Gasteiger partial charge on any atom is 0.267 e. The molecule has 0 aliphatic carbocycles. The molecule has 1 saturated heterocycles. The number of hydrogen-bond acceptors (Lipinski definition) is 2. The molecule has 0 bridgehead atoms. The van der Waals surface area contributed by atoms with Crippen LogP contribution in [0.5, 0.6) is 0 Å². The molecule has 5 heteroatoms. The van der Waals surface area contributed by atoms with Crippen LogP contribution in [0.15, 0.2) is 18.2 Å². The van der Waals surface area contributed by atoms with Crippen LogP contribution in [0.3, 0.4) is 0 Å². The van der Waals surface area contributed by atoms with Crippen molar-refractivity contribution < 1.29 is 14.4 Å². The number of fused-ring (bicyclic) bond motifs is 1. The number of rotatable bonds is 4. The van der Waals surface area contributed by atoms with Gasteiger partial charge in [-0.05, 0) is 37.1 Å². The van der Waals surface area contributed by atoms with Crippen LogP contribution in [0, 0.1) is 13.8 Å². The number of carbonyl (C=O) groups is 1. The standard InChI is InChI=1S/C17H23N3O2/c1-12-9-13(2)14-11-16(19-15(14)10-12)17(21)18-3-4-20-5-7-22-8-6-20/h9-11,19H,3-8H2,1-2H3,(H,18,21)/p+1. The summed E-state index contributed by atoms with van der Waals surface area (Å²) in [5, 5.41) is 4.13. The van der Waals surface area contributed by atoms with Crippen molar-refractivity contribution in [1.29, 1.82) is 0 Å². The van der Waals surface area contributed by atoms with Gasteiger partial charge < -0.3 is 19.9 Å². The monoisotopic (exact) mass is 302 g/mol. The number of ether oxygens (including phenoxy) is 1. The molecule has 2 aromatic rings. The highest BCUT2D eigenvalue weighted by Gasteiger charge is 2.15. The number of amides is 1. The average Bonchev–Trinajstić information content (AvgIpc) is 2.92. The lowest BCUT2D eigenvalue weighted by Gasteiger charge is -2.23. The van der Waals surface area contributed by atoms with Crippen molar-refractivity contribution in [3.05, 3.63) is 35.0 Å². The number of carbonyl (C=O) groups excluding carboxylic acids is 1. The van der Waals surface area contributed by atoms with Crippen LogP contribution in [0.25, 0.3) is 10.9 Å². The second-order valence-electron chi connectivity index (χ2n) is 6.09. The van der Waals surface area contributed by atoms with Gasteiger partial charge in [-0.25, -0.2) is 0 Å². The second-order valence-corrected chi connectivity index (χ2v) is 6.09. The number of aromatic nitrogens is 1. The van der Waals surface area contributed by atoms with Crippen LogP contribution in [0.1, 0.15) is 21.6 Å². The predicted molar refractivity (Wildman–Crippen MR) is 86.5 cm³/mol. The molecule has 1 amide bonds. The van der Waals surface area contributed by atoms with Crippen LogP contribution in [0.2, 0.25) is 0 Å². The lowest BCUT2D eigenvalue weighted by Crippen LogP contribution is -3.14. The van der Waals surface area contributed by atoms with E-state index in [9.17, 15) is 4.79 Å². The first-order valence-corrected chi connectivity index (χ1v) is 7.93. The minimum Gasteiger partial charge on any atom is -0.370 e. The first-order valence-electron chi connectivity index (χ1n) is 7.93. The first kappa shape index (κ1) is 15.1. The minimum atomic E-state index is -0.0269. The van der Waals surface area contributed by atoms with E-state index in [0.717, 1.165) is 43.8 Å². The average molecular weight is 302 g/mol. The van der Waals surface area contributed by atoms with E-state index >= 15 is 0 Å². The summed E-state index contributed by atoms with van der Waals surface area (Å²) >= 11 is 0. The molecular formula is C17H24N3O2+. The van der Waals surface area contributed by atoms with E-state index in [1.165, 1.54) is 16.0 Å². The predicted octanol–water partition coefficient (Wildman–Crippen LogP) is 0.430. The molecule has 2 heterocycles. The lowest BCUT2D eigenvalue weighted by molar-refractivity contribution is -0.906. The Morgan fingerprint density at radius 3 is 2.82 bits per heavy atom. The largest absolute Gasteiger partial charge is 0.370 e. The zero-order valence-electron chi connectivity index (χ0n) is 13.3. The third-order valence-corrected chi connectivity index (χ3v) is 4.30. The third kappa shape index (κ3) is 3.31. The fourth-order valence-electron chi connectivity index (χ4n) is 3.08. The highest BCUT2D eigenvalue weighted by molar-refractivity contribution is 5.98. The smallest absolute Gasteiger partial charge is 0.267 e. The topological polar surface area (TPSA) is 58.6 Å². The summed E-state index contributed by atoms with van der Waals surface area (Å²) in [5.41, 5.74) is 4.07. The van der Waals surface area contributed by atoms with Gasteiger partial charge in [0.25, 0.3) is 5.91 Å². The van der Waals surface area contributed by atoms with E-state index in [2.05, 4.69) is 36.3 Å². The Morgan fingerprint density at radius 2 is 2.05 bits per heavy atom. The molecule has 0 unspecified atom stereocenters. The Labute approximate surface area is 130 Å². The van der Waals surface area contributed by atoms with Crippen molar-refractivity contribution in [2.45, 2.75) is 13.8 Å². The van der Waals surface area contributed by atoms with Gasteiger partial charge in [0.15, 0.2) is 0 Å². The van der Waals surface area contributed by atoms with E-state index in [4.69, 9.17) is 4.74 Å². The maximum absolute atomic E-state index is 12.3. The van der Waals surface area contributed by atoms with E-state index < -0.39 is 0 Å². The molecule has 22 heavy (non-hydrogen) atoms. The second kappa shape index (κ2) is 6.50. The van der Waals surface area contributed by atoms with E-state index in [0.29, 0.717) is 12.2 Å². The molecule has 0 spiro atoms. The Bertz CT molecular complexity index is 672. The van der Waals surface area contributed by atoms with Crippen molar-refractivity contribution in [3.63, 3.8) is 0 Å². The summed E-state index contributed by atoms with van der Waals surface area (Å²) in [6.07, 6.45) is 0. The van der Waals surface area contributed by atoms with Crippen LogP contribution in [-0.2, 0) is 4.74 Å². The molecule has 0 saturated carbocycles. The summed E-state index contributed by atoms with van der Waals surface area (Å²) in [4.78, 5) is 17.0. The summed E-state index contributed by atoms with van der Waals surface area (Å²) in [7, 11) is 0. The van der Waals surface area contributed by atoms with Gasteiger partial charge in [-0.3, -0.25) is 4.79 Å². The number of hydrogen-bond donors (Lipinski definition) is 3. The van der Waals surface area contributed by atoms with E-state index in [1.54, 1.807) is 0 Å². The fraction of sp³-hybridized carbons (Fsp3) is 0.471. The minimum absolute atomic E-state index is 0.0269. The molecule has 1 aliphatic heterocycles. The first-order chi connectivity index (χ1) is 10.6. The van der Waals surface area contributed by atoms with Crippen molar-refractivity contribution in [2.75, 3.05) is 39.4 Å². The van der Waals surface area contributed by atoms with E-state index in [-0.39, 0.29) is 5.91 Å². The summed E-state index contributed by atoms with van der Waals surface area (Å²) in [6, 6.07) is 6.16. The summed E-state index contributed by atoms with van der Waals surface area (Å²) in [6.45, 7) is 9.50. The highest BCUT2D eigenvalue weighted by Crippen LogP contribution is 2.21. The normalized spacial score (nSPS) is 16.1. The van der Waals surface area contributed by atoms with Gasteiger partial charge in [-0.15, -0.1) is 0 Å². The molecule has 1 aromatic carbocycles. The van der Waals surface area contributed by atoms with Gasteiger partial charge in [0.2, 0.25) is 0 Å². The van der Waals surface area contributed by atoms with Crippen LogP contribution >= 0.6 is 0 Å². The Hall–Kier alpha value is -1.85. The number of aromatic amines is 1. The zero-order valence-corrected chi connectivity index (χ0v) is 13.3. The highest BCUT2D eigenvalue weighted by atomic mass is 16.5. The Kier molecular flexibility index (Phi) is 4.45. The summed E-state index contributed by atoms with van der Waals surface area (Å²) < 4.78 is 5.34. The molecule has 0 atom stereocenters. The number of H-pyrrole nitrogens is 1. The van der Waals surface area contributed by atoms with Crippen molar-refractivity contribution in [2.24, 2.45) is 0 Å². The molecular weight excluding hydrogens is 278 g/mol. The van der Waals surface area contributed by atoms with E-state index in [1.807, 2.05) is 6.07 Å². The van der Waals surface area contributed by atoms with Crippen molar-refractivity contribution in [1.82, 2.24) is 10.3 Å². The summed E-state index contributed by atoms with van der Waals surface area (Å²) in [5.74, 6) is -0.0269. The van der Waals surface area contributed by atoms with Gasteiger partial charge in [-0.2, -0.15) is 0 Å². The number of morpholine rings is 1. The molecule has 5 nitrogen and oxygen atoms in total. The molecule has 1 fully saturated rings. The lowest BCUT2D eigenvalue weighted by atomic mass is 10.1. The molecule has 0 radical (unpaired) electrons. The van der Waals surface area contributed by atoms with Crippen LogP contribution in [-0.4, -0.2) is 50.3 Å². The molecule has 3 rings (SSSR count). The van der Waals surface area contributed by atoms with Crippen LogP contribution < -0.4 is 10.2 Å². The van der Waals surface area contributed by atoms with Crippen molar-refractivity contribution >= 4 is 16.8 Å². The molecule has 1 aromatic heterocycles. The zero-order chi connectivity index (χ0) is 15.5.